The Morgan fingerprint density at radius 3 is 2.37 bits per heavy atom. The van der Waals surface area contributed by atoms with Gasteiger partial charge in [-0.3, -0.25) is 4.90 Å². The largest absolute Gasteiger partial charge is 0.496 e. The number of rotatable bonds is 8. The Morgan fingerprint density at radius 2 is 1.77 bits per heavy atom. The fraction of sp³-hybridized carbons (Fsp3) is 0.455. The molecule has 1 N–H and O–H groups in total. The first-order chi connectivity index (χ1) is 14.3. The summed E-state index contributed by atoms with van der Waals surface area (Å²) in [7, 11) is -2.07. The highest BCUT2D eigenvalue weighted by Crippen LogP contribution is 2.27. The molecule has 6 nitrogen and oxygen atoms in total. The van der Waals surface area contributed by atoms with Gasteiger partial charge in [0.2, 0.25) is 10.0 Å². The Kier molecular flexibility index (Phi) is 7.46. The van der Waals surface area contributed by atoms with Gasteiger partial charge in [-0.15, -0.1) is 0 Å². The van der Waals surface area contributed by atoms with E-state index in [0.717, 1.165) is 18.4 Å². The molecule has 0 saturated carbocycles. The quantitative estimate of drug-likeness (QED) is 0.689. The highest BCUT2D eigenvalue weighted by molar-refractivity contribution is 7.89. The van der Waals surface area contributed by atoms with Crippen LogP contribution in [-0.2, 0) is 16.4 Å². The van der Waals surface area contributed by atoms with Crippen LogP contribution in [0.4, 0.5) is 4.39 Å². The summed E-state index contributed by atoms with van der Waals surface area (Å²) in [5.74, 6) is -0.0117. The minimum absolute atomic E-state index is 0.277. The summed E-state index contributed by atoms with van der Waals surface area (Å²) in [6.07, 6.45) is 1.02. The molecule has 1 atom stereocenters. The average molecular weight is 437 g/mol. The van der Waals surface area contributed by atoms with E-state index in [2.05, 4.69) is 6.92 Å². The zero-order valence-corrected chi connectivity index (χ0v) is 18.2. The molecule has 0 spiro atoms. The van der Waals surface area contributed by atoms with E-state index in [1.807, 2.05) is 17.0 Å². The lowest BCUT2D eigenvalue weighted by atomic mass is 10.1. The van der Waals surface area contributed by atoms with Crippen molar-refractivity contribution < 1.29 is 22.7 Å². The topological polar surface area (TPSA) is 70.1 Å². The fourth-order valence-electron chi connectivity index (χ4n) is 3.73. The van der Waals surface area contributed by atoms with Gasteiger partial charge in [-0.1, -0.05) is 25.5 Å². The van der Waals surface area contributed by atoms with Crippen molar-refractivity contribution in [3.63, 3.8) is 0 Å². The molecule has 0 aliphatic carbocycles. The van der Waals surface area contributed by atoms with Crippen LogP contribution in [0.25, 0.3) is 0 Å². The van der Waals surface area contributed by atoms with Gasteiger partial charge < -0.3 is 9.84 Å². The van der Waals surface area contributed by atoms with E-state index in [1.54, 1.807) is 12.1 Å². The van der Waals surface area contributed by atoms with Crippen LogP contribution in [-0.4, -0.2) is 62.6 Å². The second-order valence-corrected chi connectivity index (χ2v) is 9.44. The number of aliphatic hydroxyl groups excluding tert-OH is 1. The predicted octanol–water partition coefficient (Wildman–Crippen LogP) is 2.83. The normalized spacial score (nSPS) is 17.1. The molecule has 164 valence electrons. The first kappa shape index (κ1) is 22.7. The average Bonchev–Trinajstić information content (AvgIpc) is 2.74. The molecule has 1 fully saturated rings. The summed E-state index contributed by atoms with van der Waals surface area (Å²) < 4.78 is 46.1. The molecule has 1 aliphatic rings. The Bertz CT molecular complexity index is 942. The second-order valence-electron chi connectivity index (χ2n) is 7.50. The van der Waals surface area contributed by atoms with Crippen molar-refractivity contribution in [2.45, 2.75) is 30.8 Å². The van der Waals surface area contributed by atoms with Crippen LogP contribution in [0.2, 0.25) is 0 Å². The van der Waals surface area contributed by atoms with E-state index >= 15 is 0 Å². The third kappa shape index (κ3) is 5.18. The number of piperazine rings is 1. The van der Waals surface area contributed by atoms with Crippen LogP contribution < -0.4 is 4.74 Å². The van der Waals surface area contributed by atoms with Crippen molar-refractivity contribution in [2.75, 3.05) is 39.8 Å². The molecular formula is C22H29FN2O4S. The van der Waals surface area contributed by atoms with Gasteiger partial charge in [-0.25, -0.2) is 12.8 Å². The Labute approximate surface area is 177 Å². The van der Waals surface area contributed by atoms with Crippen LogP contribution in [0, 0.1) is 5.82 Å². The molecule has 0 aromatic heterocycles. The summed E-state index contributed by atoms with van der Waals surface area (Å²) >= 11 is 0. The van der Waals surface area contributed by atoms with E-state index in [0.29, 0.717) is 42.4 Å². The number of hydrogen-bond acceptors (Lipinski definition) is 5. The number of sulfonamides is 1. The Balaban J connectivity index is 1.61. The lowest BCUT2D eigenvalue weighted by Gasteiger charge is -2.35. The molecule has 8 heteroatoms. The van der Waals surface area contributed by atoms with Crippen LogP contribution in [0.3, 0.4) is 0 Å². The van der Waals surface area contributed by atoms with Crippen molar-refractivity contribution in [3.05, 3.63) is 59.4 Å². The Hall–Kier alpha value is -2.00. The Morgan fingerprint density at radius 1 is 1.10 bits per heavy atom. The van der Waals surface area contributed by atoms with Crippen molar-refractivity contribution in [1.29, 1.82) is 0 Å². The minimum Gasteiger partial charge on any atom is -0.496 e. The zero-order chi connectivity index (χ0) is 21.7. The maximum Gasteiger partial charge on any atom is 0.243 e. The third-order valence-electron chi connectivity index (χ3n) is 5.41. The maximum absolute atomic E-state index is 13.6. The first-order valence-electron chi connectivity index (χ1n) is 10.2. The third-order valence-corrected chi connectivity index (χ3v) is 7.33. The van der Waals surface area contributed by atoms with E-state index in [4.69, 9.17) is 4.74 Å². The molecule has 2 aromatic rings. The molecule has 1 heterocycles. The van der Waals surface area contributed by atoms with E-state index in [-0.39, 0.29) is 6.54 Å². The second kappa shape index (κ2) is 9.87. The number of methoxy groups -OCH3 is 1. The van der Waals surface area contributed by atoms with Gasteiger partial charge in [-0.05, 0) is 42.3 Å². The standard InChI is InChI=1S/C22H29FN2O4S/c1-3-4-17-5-8-19(9-6-17)30(27,28)25-13-11-24(12-14-25)16-21(26)20-15-18(23)7-10-22(20)29-2/h5-10,15,21,26H,3-4,11-14,16H2,1-2H3/t21-/m1/s1. The number of aryl methyl sites for hydroxylation is 1. The number of aliphatic hydroxyl groups is 1. The van der Waals surface area contributed by atoms with Crippen molar-refractivity contribution in [1.82, 2.24) is 9.21 Å². The molecule has 1 saturated heterocycles. The van der Waals surface area contributed by atoms with Gasteiger partial charge >= 0.3 is 0 Å². The molecule has 0 unspecified atom stereocenters. The monoisotopic (exact) mass is 436 g/mol. The van der Waals surface area contributed by atoms with Crippen LogP contribution in [0.15, 0.2) is 47.4 Å². The number of ether oxygens (including phenoxy) is 1. The zero-order valence-electron chi connectivity index (χ0n) is 17.4. The number of halogens is 1. The molecule has 0 amide bonds. The molecule has 30 heavy (non-hydrogen) atoms. The smallest absolute Gasteiger partial charge is 0.243 e. The lowest BCUT2D eigenvalue weighted by Crippen LogP contribution is -2.49. The van der Waals surface area contributed by atoms with Gasteiger partial charge in [0, 0.05) is 38.3 Å². The van der Waals surface area contributed by atoms with Crippen LogP contribution >= 0.6 is 0 Å². The fourth-order valence-corrected chi connectivity index (χ4v) is 5.15. The van der Waals surface area contributed by atoms with E-state index in [9.17, 15) is 17.9 Å². The first-order valence-corrected chi connectivity index (χ1v) is 11.6. The number of benzene rings is 2. The number of β-amino-alcohol motifs (C(OH)–C–C–N with tert-alkyl or cyclic N) is 1. The molecular weight excluding hydrogens is 407 g/mol. The van der Waals surface area contributed by atoms with Gasteiger partial charge in [0.05, 0.1) is 18.1 Å². The summed E-state index contributed by atoms with van der Waals surface area (Å²) in [6, 6.07) is 11.1. The predicted molar refractivity (Wildman–Crippen MR) is 114 cm³/mol. The highest BCUT2D eigenvalue weighted by Gasteiger charge is 2.29. The van der Waals surface area contributed by atoms with Crippen molar-refractivity contribution in [3.8, 4) is 5.75 Å². The van der Waals surface area contributed by atoms with E-state index in [1.165, 1.54) is 29.6 Å². The molecule has 1 aliphatic heterocycles. The van der Waals surface area contributed by atoms with Gasteiger partial charge in [0.15, 0.2) is 0 Å². The SMILES string of the molecule is CCCc1ccc(S(=O)(=O)N2CCN(C[C@@H](O)c3cc(F)ccc3OC)CC2)cc1. The van der Waals surface area contributed by atoms with Crippen LogP contribution in [0.1, 0.15) is 30.6 Å². The van der Waals surface area contributed by atoms with Gasteiger partial charge in [0.25, 0.3) is 0 Å². The molecule has 3 rings (SSSR count). The van der Waals surface area contributed by atoms with Crippen molar-refractivity contribution in [2.24, 2.45) is 0 Å². The van der Waals surface area contributed by atoms with Gasteiger partial charge in [-0.2, -0.15) is 4.31 Å². The lowest BCUT2D eigenvalue weighted by molar-refractivity contribution is 0.0902. The minimum atomic E-state index is -3.54. The maximum atomic E-state index is 13.6. The molecule has 0 bridgehead atoms. The van der Waals surface area contributed by atoms with Crippen LogP contribution in [0.5, 0.6) is 5.75 Å². The summed E-state index contributed by atoms with van der Waals surface area (Å²) in [5.41, 5.74) is 1.52. The van der Waals surface area contributed by atoms with E-state index < -0.39 is 21.9 Å². The summed E-state index contributed by atoms with van der Waals surface area (Å²) in [5, 5.41) is 10.6. The highest BCUT2D eigenvalue weighted by atomic mass is 32.2. The summed E-state index contributed by atoms with van der Waals surface area (Å²) in [6.45, 7) is 4.02. The van der Waals surface area contributed by atoms with Gasteiger partial charge in [0.1, 0.15) is 11.6 Å². The number of nitrogens with zero attached hydrogens (tertiary/aromatic N) is 2. The van der Waals surface area contributed by atoms with Crippen molar-refractivity contribution >= 4 is 10.0 Å². The molecule has 0 radical (unpaired) electrons. The molecule has 2 aromatic carbocycles. The summed E-state index contributed by atoms with van der Waals surface area (Å²) in [4.78, 5) is 2.28. The number of hydrogen-bond donors (Lipinski definition) is 1.